The van der Waals surface area contributed by atoms with Crippen LogP contribution in [0, 0.1) is 0 Å². The highest BCUT2D eigenvalue weighted by Crippen LogP contribution is 2.17. The van der Waals surface area contributed by atoms with Crippen LogP contribution in [-0.2, 0) is 26.5 Å². The van der Waals surface area contributed by atoms with Gasteiger partial charge in [0.1, 0.15) is 0 Å². The number of hydrogen-bond donors (Lipinski definition) is 0. The Kier molecular flexibility index (Phi) is 5.58. The zero-order valence-electron chi connectivity index (χ0n) is 10.8. The molecule has 1 aromatic carbocycles. The molecule has 0 saturated heterocycles. The summed E-state index contributed by atoms with van der Waals surface area (Å²) < 4.78 is 9.54. The van der Waals surface area contributed by atoms with E-state index in [0.717, 1.165) is 24.0 Å². The quantitative estimate of drug-likeness (QED) is 0.764. The molecule has 0 unspecified atom stereocenters. The average Bonchev–Trinajstić information content (AvgIpc) is 2.36. The Hall–Kier alpha value is -1.62. The normalized spacial score (nSPS) is 9.94. The molecule has 96 valence electrons. The molecule has 0 atom stereocenters. The molecule has 5 heteroatoms. The minimum atomic E-state index is -0.585. The van der Waals surface area contributed by atoms with E-state index >= 15 is 0 Å². The Morgan fingerprint density at radius 2 is 1.89 bits per heavy atom. The van der Waals surface area contributed by atoms with Gasteiger partial charge in [0, 0.05) is 6.92 Å². The number of hydrogen-bond acceptors (Lipinski definition) is 4. The molecule has 0 saturated carbocycles. The van der Waals surface area contributed by atoms with Gasteiger partial charge in [-0.25, -0.2) is 4.79 Å². The standard InChI is InChI=1S/C13H16O4Si/c1-4-10-7-6-8-12(11(10)5-2)13(15)17-18-16-9(3)14/h6-8H,4-5H2,1-3H3. The maximum absolute atomic E-state index is 11.9. The Labute approximate surface area is 109 Å². The van der Waals surface area contributed by atoms with E-state index < -0.39 is 21.9 Å². The molecule has 0 spiro atoms. The highest BCUT2D eigenvalue weighted by atomic mass is 28.3. The van der Waals surface area contributed by atoms with Gasteiger partial charge in [-0.2, -0.15) is 0 Å². The van der Waals surface area contributed by atoms with Crippen molar-refractivity contribution in [1.82, 2.24) is 0 Å². The Morgan fingerprint density at radius 1 is 1.17 bits per heavy atom. The zero-order chi connectivity index (χ0) is 13.5. The van der Waals surface area contributed by atoms with E-state index in [2.05, 4.69) is 4.43 Å². The van der Waals surface area contributed by atoms with E-state index in [0.29, 0.717) is 5.56 Å². The van der Waals surface area contributed by atoms with Crippen LogP contribution < -0.4 is 0 Å². The zero-order valence-corrected chi connectivity index (χ0v) is 11.8. The first-order chi connectivity index (χ1) is 8.60. The lowest BCUT2D eigenvalue weighted by Crippen LogP contribution is -2.16. The summed E-state index contributed by atoms with van der Waals surface area (Å²) in [6.45, 7) is 5.32. The molecule has 18 heavy (non-hydrogen) atoms. The van der Waals surface area contributed by atoms with E-state index in [1.807, 2.05) is 26.0 Å². The van der Waals surface area contributed by atoms with Gasteiger partial charge in [-0.1, -0.05) is 26.0 Å². The van der Waals surface area contributed by atoms with E-state index in [1.165, 1.54) is 6.92 Å². The summed E-state index contributed by atoms with van der Waals surface area (Å²) >= 11 is 0. The lowest BCUT2D eigenvalue weighted by Gasteiger charge is -2.11. The molecule has 0 heterocycles. The predicted octanol–water partition coefficient (Wildman–Crippen LogP) is 2.07. The van der Waals surface area contributed by atoms with Gasteiger partial charge in [0.2, 0.25) is 0 Å². The fourth-order valence-corrected chi connectivity index (χ4v) is 2.09. The SMILES string of the molecule is CCc1cccc(C(=O)O[Si]OC(C)=O)c1CC. The molecule has 0 aliphatic rings. The van der Waals surface area contributed by atoms with Crippen LogP contribution in [0.5, 0.6) is 0 Å². The Balaban J connectivity index is 2.81. The first kappa shape index (κ1) is 14.4. The lowest BCUT2D eigenvalue weighted by atomic mass is 9.97. The molecule has 1 rings (SSSR count). The maximum Gasteiger partial charge on any atom is 0.614 e. The summed E-state index contributed by atoms with van der Waals surface area (Å²) in [6, 6.07) is 5.58. The molecule has 0 amide bonds. The molecule has 0 aromatic heterocycles. The van der Waals surface area contributed by atoms with Crippen molar-refractivity contribution >= 4 is 21.9 Å². The van der Waals surface area contributed by atoms with Crippen molar-refractivity contribution in [1.29, 1.82) is 0 Å². The second-order valence-corrected chi connectivity index (χ2v) is 4.29. The highest BCUT2D eigenvalue weighted by molar-refractivity contribution is 6.27. The first-order valence-electron chi connectivity index (χ1n) is 5.84. The third kappa shape index (κ3) is 3.70. The summed E-state index contributed by atoms with van der Waals surface area (Å²) in [5, 5.41) is 0. The van der Waals surface area contributed by atoms with Gasteiger partial charge in [0.25, 0.3) is 5.97 Å². The van der Waals surface area contributed by atoms with Crippen LogP contribution in [-0.4, -0.2) is 21.9 Å². The molecule has 0 fully saturated rings. The Morgan fingerprint density at radius 3 is 2.44 bits per heavy atom. The van der Waals surface area contributed by atoms with Crippen molar-refractivity contribution in [3.8, 4) is 0 Å². The van der Waals surface area contributed by atoms with E-state index in [-0.39, 0.29) is 0 Å². The summed E-state index contributed by atoms with van der Waals surface area (Å²) in [6.07, 6.45) is 1.64. The number of carbonyl (C=O) groups is 2. The maximum atomic E-state index is 11.9. The molecular formula is C13H16O4Si. The van der Waals surface area contributed by atoms with Crippen molar-refractivity contribution in [2.24, 2.45) is 0 Å². The first-order valence-corrected chi connectivity index (χ1v) is 6.66. The molecule has 0 aliphatic heterocycles. The van der Waals surface area contributed by atoms with Gasteiger partial charge in [-0.3, -0.25) is 4.79 Å². The summed E-state index contributed by atoms with van der Waals surface area (Å²) in [5.74, 6) is -0.902. The largest absolute Gasteiger partial charge is 0.614 e. The fraction of sp³-hybridized carbons (Fsp3) is 0.385. The Bertz CT molecular complexity index is 443. The molecule has 2 radical (unpaired) electrons. The monoisotopic (exact) mass is 264 g/mol. The van der Waals surface area contributed by atoms with Crippen molar-refractivity contribution < 1.29 is 18.4 Å². The predicted molar refractivity (Wildman–Crippen MR) is 68.1 cm³/mol. The summed E-state index contributed by atoms with van der Waals surface area (Å²) in [7, 11) is -0.585. The van der Waals surface area contributed by atoms with Crippen molar-refractivity contribution in [2.75, 3.05) is 0 Å². The van der Waals surface area contributed by atoms with Gasteiger partial charge >= 0.3 is 16.0 Å². The van der Waals surface area contributed by atoms with Crippen molar-refractivity contribution in [3.63, 3.8) is 0 Å². The van der Waals surface area contributed by atoms with Gasteiger partial charge in [-0.15, -0.1) is 0 Å². The van der Waals surface area contributed by atoms with Crippen LogP contribution in [0.2, 0.25) is 0 Å². The van der Waals surface area contributed by atoms with Gasteiger partial charge in [0.05, 0.1) is 5.56 Å². The number of benzene rings is 1. The molecule has 0 aliphatic carbocycles. The third-order valence-corrected chi connectivity index (χ3v) is 3.19. The number of aryl methyl sites for hydroxylation is 1. The van der Waals surface area contributed by atoms with Gasteiger partial charge in [0.15, 0.2) is 0 Å². The van der Waals surface area contributed by atoms with Crippen molar-refractivity contribution in [3.05, 3.63) is 34.9 Å². The van der Waals surface area contributed by atoms with E-state index in [9.17, 15) is 9.59 Å². The number of rotatable bonds is 5. The van der Waals surface area contributed by atoms with E-state index in [4.69, 9.17) is 4.43 Å². The summed E-state index contributed by atoms with van der Waals surface area (Å²) in [5.41, 5.74) is 2.69. The minimum Gasteiger partial charge on any atom is -0.481 e. The van der Waals surface area contributed by atoms with Crippen LogP contribution in [0.4, 0.5) is 0 Å². The molecule has 0 bridgehead atoms. The van der Waals surface area contributed by atoms with Crippen LogP contribution in [0.3, 0.4) is 0 Å². The highest BCUT2D eigenvalue weighted by Gasteiger charge is 2.15. The van der Waals surface area contributed by atoms with Crippen LogP contribution in [0.15, 0.2) is 18.2 Å². The third-order valence-electron chi connectivity index (χ3n) is 2.55. The average molecular weight is 264 g/mol. The second-order valence-electron chi connectivity index (χ2n) is 3.72. The molecule has 0 N–H and O–H groups in total. The van der Waals surface area contributed by atoms with Crippen LogP contribution in [0.25, 0.3) is 0 Å². The van der Waals surface area contributed by atoms with Crippen LogP contribution in [0.1, 0.15) is 42.3 Å². The minimum absolute atomic E-state index is 0.443. The van der Waals surface area contributed by atoms with Gasteiger partial charge < -0.3 is 8.85 Å². The molecular weight excluding hydrogens is 248 g/mol. The molecule has 1 aromatic rings. The second kappa shape index (κ2) is 6.96. The van der Waals surface area contributed by atoms with E-state index in [1.54, 1.807) is 6.07 Å². The lowest BCUT2D eigenvalue weighted by molar-refractivity contribution is -0.132. The smallest absolute Gasteiger partial charge is 0.481 e. The van der Waals surface area contributed by atoms with Crippen LogP contribution >= 0.6 is 0 Å². The summed E-state index contributed by atoms with van der Waals surface area (Å²) in [4.78, 5) is 22.4. The van der Waals surface area contributed by atoms with Crippen molar-refractivity contribution in [2.45, 2.75) is 33.6 Å². The molecule has 4 nitrogen and oxygen atoms in total. The number of carbonyl (C=O) groups excluding carboxylic acids is 2. The van der Waals surface area contributed by atoms with Gasteiger partial charge in [-0.05, 0) is 30.0 Å². The topological polar surface area (TPSA) is 52.6 Å². The fourth-order valence-electron chi connectivity index (χ4n) is 1.75.